The van der Waals surface area contributed by atoms with Crippen molar-refractivity contribution in [1.29, 1.82) is 0 Å². The van der Waals surface area contributed by atoms with Gasteiger partial charge in [-0.2, -0.15) is 0 Å². The van der Waals surface area contributed by atoms with Crippen molar-refractivity contribution < 1.29 is 4.79 Å². The second-order valence-electron chi connectivity index (χ2n) is 4.79. The van der Waals surface area contributed by atoms with Crippen LogP contribution in [-0.2, 0) is 0 Å². The summed E-state index contributed by atoms with van der Waals surface area (Å²) in [7, 11) is 0. The first-order valence-electron chi connectivity index (χ1n) is 5.73. The number of hydrogen-bond acceptors (Lipinski definition) is 2. The predicted octanol–water partition coefficient (Wildman–Crippen LogP) is 3.57. The predicted molar refractivity (Wildman–Crippen MR) is 71.0 cm³/mol. The third-order valence-corrected chi connectivity index (χ3v) is 3.88. The minimum atomic E-state index is -0.368. The summed E-state index contributed by atoms with van der Waals surface area (Å²) in [5, 5.41) is 4.29. The van der Waals surface area contributed by atoms with E-state index in [2.05, 4.69) is 5.32 Å². The molecule has 1 unspecified atom stereocenters. The Labute approximate surface area is 111 Å². The Morgan fingerprint density at radius 2 is 2.18 bits per heavy atom. The van der Waals surface area contributed by atoms with Gasteiger partial charge in [-0.25, -0.2) is 0 Å². The summed E-state index contributed by atoms with van der Waals surface area (Å²) < 4.78 is 0. The first-order chi connectivity index (χ1) is 8.03. The van der Waals surface area contributed by atoms with Crippen LogP contribution in [0, 0.1) is 5.41 Å². The quantitative estimate of drug-likeness (QED) is 0.834. The zero-order valence-corrected chi connectivity index (χ0v) is 11.2. The first-order valence-corrected chi connectivity index (χ1v) is 6.49. The van der Waals surface area contributed by atoms with E-state index in [1.807, 2.05) is 6.92 Å². The third kappa shape index (κ3) is 2.65. The molecule has 0 amide bonds. The van der Waals surface area contributed by atoms with Gasteiger partial charge in [0.25, 0.3) is 0 Å². The van der Waals surface area contributed by atoms with Crippen molar-refractivity contribution in [3.8, 4) is 0 Å². The van der Waals surface area contributed by atoms with Crippen molar-refractivity contribution in [2.75, 3.05) is 13.1 Å². The fourth-order valence-electron chi connectivity index (χ4n) is 2.25. The molecular weight excluding hydrogens is 257 g/mol. The molecule has 0 aliphatic carbocycles. The number of ketones is 1. The molecule has 1 saturated heterocycles. The molecule has 1 aromatic carbocycles. The van der Waals surface area contributed by atoms with Crippen LogP contribution >= 0.6 is 23.2 Å². The average Bonchev–Trinajstić information content (AvgIpc) is 2.32. The highest BCUT2D eigenvalue weighted by Crippen LogP contribution is 2.33. The average molecular weight is 272 g/mol. The van der Waals surface area contributed by atoms with E-state index in [-0.39, 0.29) is 11.2 Å². The number of nitrogens with one attached hydrogen (secondary N) is 1. The van der Waals surface area contributed by atoms with E-state index in [1.165, 1.54) is 0 Å². The lowest BCUT2D eigenvalue weighted by atomic mass is 9.76. The number of piperidine rings is 1. The lowest BCUT2D eigenvalue weighted by Gasteiger charge is -2.32. The van der Waals surface area contributed by atoms with E-state index < -0.39 is 0 Å². The zero-order valence-electron chi connectivity index (χ0n) is 9.72. The highest BCUT2D eigenvalue weighted by molar-refractivity contribution is 6.36. The van der Waals surface area contributed by atoms with Gasteiger partial charge in [0.15, 0.2) is 5.78 Å². The number of halogens is 2. The molecule has 0 aromatic heterocycles. The molecule has 92 valence electrons. The summed E-state index contributed by atoms with van der Waals surface area (Å²) in [6, 6.07) is 5.03. The number of rotatable bonds is 2. The number of Topliss-reactive ketones (excluding diaryl/α,β-unsaturated/α-hetero) is 1. The molecular formula is C13H15Cl2NO. The molecule has 2 rings (SSSR count). The van der Waals surface area contributed by atoms with E-state index in [0.717, 1.165) is 19.4 Å². The van der Waals surface area contributed by atoms with Gasteiger partial charge in [-0.05, 0) is 37.6 Å². The van der Waals surface area contributed by atoms with Crippen LogP contribution in [0.2, 0.25) is 10.0 Å². The number of benzene rings is 1. The van der Waals surface area contributed by atoms with Gasteiger partial charge in [-0.1, -0.05) is 30.1 Å². The molecule has 0 spiro atoms. The molecule has 1 fully saturated rings. The lowest BCUT2D eigenvalue weighted by molar-refractivity contribution is 0.0773. The maximum Gasteiger partial charge on any atom is 0.171 e. The fraction of sp³-hybridized carbons (Fsp3) is 0.462. The van der Waals surface area contributed by atoms with Gasteiger partial charge >= 0.3 is 0 Å². The Hall–Kier alpha value is -0.570. The highest BCUT2D eigenvalue weighted by Gasteiger charge is 2.36. The van der Waals surface area contributed by atoms with Gasteiger partial charge in [0.2, 0.25) is 0 Å². The monoisotopic (exact) mass is 271 g/mol. The molecule has 1 atom stereocenters. The highest BCUT2D eigenvalue weighted by atomic mass is 35.5. The number of carbonyl (C=O) groups is 1. The van der Waals surface area contributed by atoms with Gasteiger partial charge in [0.05, 0.1) is 5.02 Å². The van der Waals surface area contributed by atoms with Gasteiger partial charge in [-0.3, -0.25) is 4.79 Å². The maximum atomic E-state index is 12.5. The van der Waals surface area contributed by atoms with Crippen molar-refractivity contribution in [1.82, 2.24) is 5.32 Å². The normalized spacial score (nSPS) is 24.6. The number of hydrogen-bond donors (Lipinski definition) is 1. The largest absolute Gasteiger partial charge is 0.316 e. The summed E-state index contributed by atoms with van der Waals surface area (Å²) in [5.41, 5.74) is 0.164. The summed E-state index contributed by atoms with van der Waals surface area (Å²) in [5.74, 6) is 0.0807. The van der Waals surface area contributed by atoms with Crippen molar-refractivity contribution in [3.63, 3.8) is 0 Å². The van der Waals surface area contributed by atoms with Crippen LogP contribution in [0.5, 0.6) is 0 Å². The molecule has 1 aromatic rings. The minimum absolute atomic E-state index is 0.0807. The molecule has 17 heavy (non-hydrogen) atoms. The molecule has 0 radical (unpaired) electrons. The second-order valence-corrected chi connectivity index (χ2v) is 5.64. The lowest BCUT2D eigenvalue weighted by Crippen LogP contribution is -2.43. The molecule has 0 bridgehead atoms. The van der Waals surface area contributed by atoms with E-state index in [1.54, 1.807) is 18.2 Å². The van der Waals surface area contributed by atoms with E-state index in [4.69, 9.17) is 23.2 Å². The first kappa shape index (κ1) is 12.9. The SMILES string of the molecule is CC1(C(=O)c2cc(Cl)ccc2Cl)CCCNC1. The Balaban J connectivity index is 2.32. The Kier molecular flexibility index (Phi) is 3.76. The fourth-order valence-corrected chi connectivity index (χ4v) is 2.62. The van der Waals surface area contributed by atoms with Crippen LogP contribution in [-0.4, -0.2) is 18.9 Å². The summed E-state index contributed by atoms with van der Waals surface area (Å²) >= 11 is 12.0. The van der Waals surface area contributed by atoms with E-state index in [0.29, 0.717) is 22.2 Å². The number of carbonyl (C=O) groups excluding carboxylic acids is 1. The van der Waals surface area contributed by atoms with Crippen LogP contribution < -0.4 is 5.32 Å². The van der Waals surface area contributed by atoms with Crippen LogP contribution in [0.25, 0.3) is 0 Å². The zero-order chi connectivity index (χ0) is 12.5. The summed E-state index contributed by atoms with van der Waals surface area (Å²) in [6.07, 6.45) is 1.90. The summed E-state index contributed by atoms with van der Waals surface area (Å²) in [6.45, 7) is 3.67. The topological polar surface area (TPSA) is 29.1 Å². The molecule has 1 N–H and O–H groups in total. The van der Waals surface area contributed by atoms with Gasteiger partial charge in [0, 0.05) is 22.5 Å². The third-order valence-electron chi connectivity index (χ3n) is 3.32. The van der Waals surface area contributed by atoms with Crippen LogP contribution in [0.3, 0.4) is 0 Å². The standard InChI is InChI=1S/C13H15Cl2NO/c1-13(5-2-6-16-8-13)12(17)10-7-9(14)3-4-11(10)15/h3-4,7,16H,2,5-6,8H2,1H3. The Morgan fingerprint density at radius 1 is 1.41 bits per heavy atom. The van der Waals surface area contributed by atoms with Gasteiger partial charge in [0.1, 0.15) is 0 Å². The smallest absolute Gasteiger partial charge is 0.171 e. The maximum absolute atomic E-state index is 12.5. The van der Waals surface area contributed by atoms with Crippen LogP contribution in [0.1, 0.15) is 30.1 Å². The van der Waals surface area contributed by atoms with Crippen LogP contribution in [0.15, 0.2) is 18.2 Å². The molecule has 1 heterocycles. The van der Waals surface area contributed by atoms with Crippen LogP contribution in [0.4, 0.5) is 0 Å². The van der Waals surface area contributed by atoms with Crippen molar-refractivity contribution >= 4 is 29.0 Å². The van der Waals surface area contributed by atoms with Gasteiger partial charge in [-0.15, -0.1) is 0 Å². The van der Waals surface area contributed by atoms with Gasteiger partial charge < -0.3 is 5.32 Å². The summed E-state index contributed by atoms with van der Waals surface area (Å²) in [4.78, 5) is 12.5. The second kappa shape index (κ2) is 4.97. The Morgan fingerprint density at radius 3 is 2.82 bits per heavy atom. The molecule has 1 aliphatic heterocycles. The van der Waals surface area contributed by atoms with Crippen molar-refractivity contribution in [3.05, 3.63) is 33.8 Å². The van der Waals surface area contributed by atoms with E-state index in [9.17, 15) is 4.79 Å². The molecule has 0 saturated carbocycles. The van der Waals surface area contributed by atoms with Crippen molar-refractivity contribution in [2.24, 2.45) is 5.41 Å². The Bertz CT molecular complexity index is 439. The minimum Gasteiger partial charge on any atom is -0.316 e. The molecule has 4 heteroatoms. The van der Waals surface area contributed by atoms with Crippen molar-refractivity contribution in [2.45, 2.75) is 19.8 Å². The molecule has 2 nitrogen and oxygen atoms in total. The van der Waals surface area contributed by atoms with E-state index >= 15 is 0 Å². The molecule has 1 aliphatic rings.